The third-order valence-electron chi connectivity index (χ3n) is 2.66. The summed E-state index contributed by atoms with van der Waals surface area (Å²) in [7, 11) is 1.64. The van der Waals surface area contributed by atoms with Crippen molar-refractivity contribution in [3.63, 3.8) is 0 Å². The molecule has 0 radical (unpaired) electrons. The molecule has 0 aliphatic rings. The highest BCUT2D eigenvalue weighted by atomic mass is 19.1. The summed E-state index contributed by atoms with van der Waals surface area (Å²) in [6, 6.07) is 2.83. The van der Waals surface area contributed by atoms with E-state index in [0.717, 1.165) is 0 Å². The first-order valence-corrected chi connectivity index (χ1v) is 5.90. The fraction of sp³-hybridized carbons (Fsp3) is 0.538. The maximum absolute atomic E-state index is 13.5. The van der Waals surface area contributed by atoms with Gasteiger partial charge in [-0.1, -0.05) is 0 Å². The Morgan fingerprint density at radius 1 is 1.39 bits per heavy atom. The van der Waals surface area contributed by atoms with Crippen molar-refractivity contribution in [3.05, 3.63) is 17.9 Å². The van der Waals surface area contributed by atoms with Crippen LogP contribution in [0.4, 0.5) is 15.8 Å². The van der Waals surface area contributed by atoms with Gasteiger partial charge in [-0.3, -0.25) is 0 Å². The fourth-order valence-electron chi connectivity index (χ4n) is 1.37. The molecule has 0 unspecified atom stereocenters. The summed E-state index contributed by atoms with van der Waals surface area (Å²) < 4.78 is 24.0. The van der Waals surface area contributed by atoms with Gasteiger partial charge in [0.05, 0.1) is 23.6 Å². The molecule has 0 aliphatic carbocycles. The van der Waals surface area contributed by atoms with Crippen LogP contribution in [0.3, 0.4) is 0 Å². The Morgan fingerprint density at radius 2 is 2.06 bits per heavy atom. The topological polar surface area (TPSA) is 56.5 Å². The minimum atomic E-state index is -0.453. The Morgan fingerprint density at radius 3 is 2.61 bits per heavy atom. The molecule has 5 heteroatoms. The Bertz CT molecular complexity index is 408. The summed E-state index contributed by atoms with van der Waals surface area (Å²) in [6.45, 7) is 6.66. The molecule has 0 saturated heterocycles. The second-order valence-corrected chi connectivity index (χ2v) is 4.62. The van der Waals surface area contributed by atoms with Crippen LogP contribution < -0.4 is 15.8 Å². The average Bonchev–Trinajstić information content (AvgIpc) is 2.31. The summed E-state index contributed by atoms with van der Waals surface area (Å²) in [4.78, 5) is 0. The van der Waals surface area contributed by atoms with E-state index in [1.165, 1.54) is 6.07 Å². The van der Waals surface area contributed by atoms with E-state index < -0.39 is 5.82 Å². The molecule has 0 atom stereocenters. The summed E-state index contributed by atoms with van der Waals surface area (Å²) in [5, 5.41) is 3.13. The molecule has 1 aromatic rings. The standard InChI is InChI=1S/C13H21FN2O2/c1-5-18-12-7-11(10(15)6-9(12)14)16-8-13(2,3)17-4/h6-7,16H,5,8,15H2,1-4H3. The van der Waals surface area contributed by atoms with Gasteiger partial charge in [0.25, 0.3) is 0 Å². The van der Waals surface area contributed by atoms with Gasteiger partial charge in [0.1, 0.15) is 0 Å². The van der Waals surface area contributed by atoms with Gasteiger partial charge < -0.3 is 20.5 Å². The quantitative estimate of drug-likeness (QED) is 0.768. The monoisotopic (exact) mass is 256 g/mol. The Kier molecular flexibility index (Phi) is 4.78. The van der Waals surface area contributed by atoms with Gasteiger partial charge in [-0.15, -0.1) is 0 Å². The van der Waals surface area contributed by atoms with Crippen molar-refractivity contribution in [2.75, 3.05) is 31.3 Å². The molecule has 0 heterocycles. The van der Waals surface area contributed by atoms with Crippen LogP contribution in [0.5, 0.6) is 5.75 Å². The lowest BCUT2D eigenvalue weighted by atomic mass is 10.1. The second kappa shape index (κ2) is 5.91. The maximum atomic E-state index is 13.5. The molecule has 4 nitrogen and oxygen atoms in total. The lowest BCUT2D eigenvalue weighted by molar-refractivity contribution is 0.0344. The van der Waals surface area contributed by atoms with E-state index in [1.54, 1.807) is 20.1 Å². The summed E-state index contributed by atoms with van der Waals surface area (Å²) in [5.74, 6) is -0.254. The summed E-state index contributed by atoms with van der Waals surface area (Å²) >= 11 is 0. The number of benzene rings is 1. The molecule has 0 spiro atoms. The van der Waals surface area contributed by atoms with Crippen LogP contribution in [0.1, 0.15) is 20.8 Å². The molecule has 0 amide bonds. The Balaban J connectivity index is 2.85. The number of nitrogens with one attached hydrogen (secondary N) is 1. The van der Waals surface area contributed by atoms with Gasteiger partial charge in [-0.2, -0.15) is 0 Å². The molecule has 0 aliphatic heterocycles. The fourth-order valence-corrected chi connectivity index (χ4v) is 1.37. The van der Waals surface area contributed by atoms with E-state index in [2.05, 4.69) is 5.32 Å². The van der Waals surface area contributed by atoms with Gasteiger partial charge in [0.2, 0.25) is 0 Å². The number of hydrogen-bond donors (Lipinski definition) is 2. The van der Waals surface area contributed by atoms with Crippen molar-refractivity contribution in [2.24, 2.45) is 0 Å². The molecule has 1 rings (SSSR count). The normalized spacial score (nSPS) is 11.4. The zero-order valence-electron chi connectivity index (χ0n) is 11.3. The molecule has 1 aromatic carbocycles. The first kappa shape index (κ1) is 14.6. The molecule has 18 heavy (non-hydrogen) atoms. The number of nitrogen functional groups attached to an aromatic ring is 1. The lowest BCUT2D eigenvalue weighted by Crippen LogP contribution is -2.32. The maximum Gasteiger partial charge on any atom is 0.167 e. The van der Waals surface area contributed by atoms with Crippen molar-refractivity contribution < 1.29 is 13.9 Å². The first-order chi connectivity index (χ1) is 8.39. The molecule has 0 aromatic heterocycles. The molecule has 0 bridgehead atoms. The molecular weight excluding hydrogens is 235 g/mol. The summed E-state index contributed by atoms with van der Waals surface area (Å²) in [6.07, 6.45) is 0. The number of methoxy groups -OCH3 is 1. The second-order valence-electron chi connectivity index (χ2n) is 4.62. The average molecular weight is 256 g/mol. The highest BCUT2D eigenvalue weighted by Crippen LogP contribution is 2.28. The zero-order chi connectivity index (χ0) is 13.8. The first-order valence-electron chi connectivity index (χ1n) is 5.90. The van der Waals surface area contributed by atoms with Gasteiger partial charge in [0.15, 0.2) is 11.6 Å². The van der Waals surface area contributed by atoms with Crippen LogP contribution in [0, 0.1) is 5.82 Å². The van der Waals surface area contributed by atoms with Crippen molar-refractivity contribution in [1.29, 1.82) is 0 Å². The van der Waals surface area contributed by atoms with E-state index in [1.807, 2.05) is 13.8 Å². The van der Waals surface area contributed by atoms with Gasteiger partial charge in [-0.05, 0) is 20.8 Å². The lowest BCUT2D eigenvalue weighted by Gasteiger charge is -2.24. The van der Waals surface area contributed by atoms with E-state index in [0.29, 0.717) is 24.5 Å². The van der Waals surface area contributed by atoms with Gasteiger partial charge in [0, 0.05) is 25.8 Å². The van der Waals surface area contributed by atoms with E-state index in [-0.39, 0.29) is 11.4 Å². The van der Waals surface area contributed by atoms with Crippen LogP contribution >= 0.6 is 0 Å². The van der Waals surface area contributed by atoms with Gasteiger partial charge >= 0.3 is 0 Å². The summed E-state index contributed by atoms with van der Waals surface area (Å²) in [5.41, 5.74) is 6.42. The largest absolute Gasteiger partial charge is 0.491 e. The highest BCUT2D eigenvalue weighted by molar-refractivity contribution is 5.68. The number of anilines is 2. The zero-order valence-corrected chi connectivity index (χ0v) is 11.3. The number of rotatable bonds is 6. The van der Waals surface area contributed by atoms with E-state index >= 15 is 0 Å². The predicted octanol–water partition coefficient (Wildman–Crippen LogP) is 2.64. The minimum absolute atomic E-state index is 0.199. The van der Waals surface area contributed by atoms with Crippen molar-refractivity contribution in [1.82, 2.24) is 0 Å². The predicted molar refractivity (Wildman–Crippen MR) is 71.6 cm³/mol. The molecule has 0 fully saturated rings. The number of nitrogens with two attached hydrogens (primary N) is 1. The van der Waals surface area contributed by atoms with Crippen molar-refractivity contribution in [2.45, 2.75) is 26.4 Å². The van der Waals surface area contributed by atoms with Crippen LogP contribution in [-0.2, 0) is 4.74 Å². The van der Waals surface area contributed by atoms with Crippen LogP contribution in [-0.4, -0.2) is 25.9 Å². The SMILES string of the molecule is CCOc1cc(NCC(C)(C)OC)c(N)cc1F. The smallest absolute Gasteiger partial charge is 0.167 e. The van der Waals surface area contributed by atoms with Crippen molar-refractivity contribution >= 4 is 11.4 Å². The molecule has 102 valence electrons. The highest BCUT2D eigenvalue weighted by Gasteiger charge is 2.17. The van der Waals surface area contributed by atoms with Crippen LogP contribution in [0.2, 0.25) is 0 Å². The Hall–Kier alpha value is -1.49. The van der Waals surface area contributed by atoms with Crippen molar-refractivity contribution in [3.8, 4) is 5.75 Å². The number of ether oxygens (including phenoxy) is 2. The van der Waals surface area contributed by atoms with Gasteiger partial charge in [-0.25, -0.2) is 4.39 Å². The molecule has 0 saturated carbocycles. The third kappa shape index (κ3) is 3.77. The third-order valence-corrected chi connectivity index (χ3v) is 2.66. The van der Waals surface area contributed by atoms with Crippen LogP contribution in [0.25, 0.3) is 0 Å². The molecular formula is C13H21FN2O2. The minimum Gasteiger partial charge on any atom is -0.491 e. The Labute approximate surface area is 107 Å². The molecule has 3 N–H and O–H groups in total. The van der Waals surface area contributed by atoms with Crippen LogP contribution in [0.15, 0.2) is 12.1 Å². The number of hydrogen-bond acceptors (Lipinski definition) is 4. The van der Waals surface area contributed by atoms with E-state index in [9.17, 15) is 4.39 Å². The number of halogens is 1. The van der Waals surface area contributed by atoms with E-state index in [4.69, 9.17) is 15.2 Å².